The lowest BCUT2D eigenvalue weighted by molar-refractivity contribution is 0.508. The zero-order valence-electron chi connectivity index (χ0n) is 9.20. The van der Waals surface area contributed by atoms with Gasteiger partial charge in [-0.2, -0.15) is 0 Å². The van der Waals surface area contributed by atoms with Gasteiger partial charge in [-0.3, -0.25) is 0 Å². The molecule has 0 saturated heterocycles. The van der Waals surface area contributed by atoms with E-state index in [1.165, 1.54) is 0 Å². The van der Waals surface area contributed by atoms with Gasteiger partial charge in [0.15, 0.2) is 0 Å². The van der Waals surface area contributed by atoms with Gasteiger partial charge in [-0.15, -0.1) is 0 Å². The van der Waals surface area contributed by atoms with Crippen LogP contribution in [-0.2, 0) is 0 Å². The van der Waals surface area contributed by atoms with E-state index in [2.05, 4.69) is 40.1 Å². The van der Waals surface area contributed by atoms with E-state index in [9.17, 15) is 0 Å². The maximum absolute atomic E-state index is 5.97. The Morgan fingerprint density at radius 3 is 2.87 bits per heavy atom. The highest BCUT2D eigenvalue weighted by Crippen LogP contribution is 2.18. The Morgan fingerprint density at radius 1 is 1.53 bits per heavy atom. The van der Waals surface area contributed by atoms with E-state index in [0.717, 1.165) is 23.3 Å². The highest BCUT2D eigenvalue weighted by Gasteiger charge is 2.06. The fraction of sp³-hybridized carbons (Fsp3) is 0.545. The molecule has 0 saturated carbocycles. The molecule has 1 heterocycles. The Balaban J connectivity index is 2.40. The van der Waals surface area contributed by atoms with E-state index >= 15 is 0 Å². The van der Waals surface area contributed by atoms with E-state index < -0.39 is 0 Å². The number of pyridine rings is 1. The van der Waals surface area contributed by atoms with Crippen LogP contribution >= 0.6 is 15.9 Å². The van der Waals surface area contributed by atoms with Crippen molar-refractivity contribution in [2.45, 2.75) is 26.3 Å². The normalized spacial score (nSPS) is 12.9. The molecule has 1 aromatic heterocycles. The summed E-state index contributed by atoms with van der Waals surface area (Å²) in [7, 11) is 0. The standard InChI is InChI=1S/C11H18BrN3/c1-8(2)6-9(13)7-15-11-10(12)4-3-5-14-11/h3-5,8-9H,6-7,13H2,1-2H3,(H,14,15). The van der Waals surface area contributed by atoms with Crippen LogP contribution in [0.3, 0.4) is 0 Å². The predicted molar refractivity (Wildman–Crippen MR) is 67.9 cm³/mol. The second-order valence-electron chi connectivity index (χ2n) is 4.10. The van der Waals surface area contributed by atoms with Crippen LogP contribution < -0.4 is 11.1 Å². The molecule has 0 aromatic carbocycles. The molecule has 1 atom stereocenters. The number of nitrogens with zero attached hydrogens (tertiary/aromatic N) is 1. The lowest BCUT2D eigenvalue weighted by Gasteiger charge is -2.15. The number of rotatable bonds is 5. The molecule has 3 N–H and O–H groups in total. The summed E-state index contributed by atoms with van der Waals surface area (Å²) < 4.78 is 0.974. The summed E-state index contributed by atoms with van der Waals surface area (Å²) in [4.78, 5) is 4.22. The molecule has 1 unspecified atom stereocenters. The van der Waals surface area contributed by atoms with Gasteiger partial charge in [-0.25, -0.2) is 4.98 Å². The molecular formula is C11H18BrN3. The first-order valence-corrected chi connectivity index (χ1v) is 5.99. The smallest absolute Gasteiger partial charge is 0.140 e. The molecule has 84 valence electrons. The molecule has 0 radical (unpaired) electrons. The van der Waals surface area contributed by atoms with Gasteiger partial charge >= 0.3 is 0 Å². The summed E-state index contributed by atoms with van der Waals surface area (Å²) in [6.07, 6.45) is 2.79. The van der Waals surface area contributed by atoms with Gasteiger partial charge in [0.25, 0.3) is 0 Å². The summed E-state index contributed by atoms with van der Waals surface area (Å²) >= 11 is 3.43. The van der Waals surface area contributed by atoms with E-state index in [0.29, 0.717) is 5.92 Å². The Hall–Kier alpha value is -0.610. The number of nitrogens with two attached hydrogens (primary N) is 1. The van der Waals surface area contributed by atoms with Crippen molar-refractivity contribution >= 4 is 21.7 Å². The first kappa shape index (κ1) is 12.5. The van der Waals surface area contributed by atoms with Crippen LogP contribution in [0, 0.1) is 5.92 Å². The van der Waals surface area contributed by atoms with Gasteiger partial charge in [0.05, 0.1) is 4.47 Å². The van der Waals surface area contributed by atoms with E-state index in [-0.39, 0.29) is 6.04 Å². The molecular weight excluding hydrogens is 254 g/mol. The zero-order chi connectivity index (χ0) is 11.3. The first-order chi connectivity index (χ1) is 7.09. The first-order valence-electron chi connectivity index (χ1n) is 5.19. The average molecular weight is 272 g/mol. The summed E-state index contributed by atoms with van der Waals surface area (Å²) in [5.74, 6) is 1.49. The minimum Gasteiger partial charge on any atom is -0.368 e. The summed E-state index contributed by atoms with van der Waals surface area (Å²) in [5.41, 5.74) is 5.97. The maximum atomic E-state index is 5.97. The molecule has 4 heteroatoms. The number of nitrogens with one attached hydrogen (secondary N) is 1. The van der Waals surface area contributed by atoms with E-state index in [1.54, 1.807) is 6.20 Å². The third-order valence-electron chi connectivity index (χ3n) is 2.06. The van der Waals surface area contributed by atoms with Crippen LogP contribution in [0.4, 0.5) is 5.82 Å². The molecule has 0 aliphatic heterocycles. The van der Waals surface area contributed by atoms with Crippen LogP contribution in [0.25, 0.3) is 0 Å². The number of aromatic nitrogens is 1. The second kappa shape index (κ2) is 6.08. The maximum Gasteiger partial charge on any atom is 0.140 e. The van der Waals surface area contributed by atoms with Crippen LogP contribution in [-0.4, -0.2) is 17.6 Å². The zero-order valence-corrected chi connectivity index (χ0v) is 10.8. The van der Waals surface area contributed by atoms with Crippen molar-refractivity contribution in [1.82, 2.24) is 4.98 Å². The third kappa shape index (κ3) is 4.62. The second-order valence-corrected chi connectivity index (χ2v) is 4.96. The van der Waals surface area contributed by atoms with Crippen LogP contribution in [0.1, 0.15) is 20.3 Å². The van der Waals surface area contributed by atoms with Crippen molar-refractivity contribution < 1.29 is 0 Å². The lowest BCUT2D eigenvalue weighted by Crippen LogP contribution is -2.30. The van der Waals surface area contributed by atoms with Crippen molar-refractivity contribution in [3.63, 3.8) is 0 Å². The number of hydrogen-bond acceptors (Lipinski definition) is 3. The average Bonchev–Trinajstić information content (AvgIpc) is 2.15. The summed E-state index contributed by atoms with van der Waals surface area (Å²) in [6.45, 7) is 5.11. The van der Waals surface area contributed by atoms with Crippen LogP contribution in [0.2, 0.25) is 0 Å². The fourth-order valence-corrected chi connectivity index (χ4v) is 1.83. The van der Waals surface area contributed by atoms with Crippen LogP contribution in [0.15, 0.2) is 22.8 Å². The third-order valence-corrected chi connectivity index (χ3v) is 2.70. The fourth-order valence-electron chi connectivity index (χ4n) is 1.43. The lowest BCUT2D eigenvalue weighted by atomic mass is 10.0. The molecule has 15 heavy (non-hydrogen) atoms. The Bertz CT molecular complexity index is 302. The molecule has 0 bridgehead atoms. The minimum absolute atomic E-state index is 0.180. The summed E-state index contributed by atoms with van der Waals surface area (Å²) in [5, 5.41) is 3.24. The molecule has 0 spiro atoms. The molecule has 0 aliphatic rings. The van der Waals surface area contributed by atoms with Crippen LogP contribution in [0.5, 0.6) is 0 Å². The minimum atomic E-state index is 0.180. The van der Waals surface area contributed by atoms with E-state index in [4.69, 9.17) is 5.73 Å². The monoisotopic (exact) mass is 271 g/mol. The van der Waals surface area contributed by atoms with E-state index in [1.807, 2.05) is 12.1 Å². The van der Waals surface area contributed by atoms with Gasteiger partial charge in [0, 0.05) is 18.8 Å². The predicted octanol–water partition coefficient (Wildman–Crippen LogP) is 2.63. The Kier molecular flexibility index (Phi) is 5.05. The van der Waals surface area contributed by atoms with Gasteiger partial charge in [-0.1, -0.05) is 13.8 Å². The molecule has 0 aliphatic carbocycles. The van der Waals surface area contributed by atoms with Crippen molar-refractivity contribution in [2.24, 2.45) is 11.7 Å². The van der Waals surface area contributed by atoms with Gasteiger partial charge in [0.1, 0.15) is 5.82 Å². The SMILES string of the molecule is CC(C)CC(N)CNc1ncccc1Br. The molecule has 0 amide bonds. The van der Waals surface area contributed by atoms with Gasteiger partial charge < -0.3 is 11.1 Å². The number of anilines is 1. The van der Waals surface area contributed by atoms with Crippen molar-refractivity contribution in [3.05, 3.63) is 22.8 Å². The van der Waals surface area contributed by atoms with Gasteiger partial charge in [-0.05, 0) is 40.4 Å². The molecule has 0 fully saturated rings. The molecule has 1 rings (SSSR count). The Labute approximate surface area is 99.6 Å². The van der Waals surface area contributed by atoms with Crippen molar-refractivity contribution in [2.75, 3.05) is 11.9 Å². The molecule has 1 aromatic rings. The summed E-state index contributed by atoms with van der Waals surface area (Å²) in [6, 6.07) is 4.03. The highest BCUT2D eigenvalue weighted by molar-refractivity contribution is 9.10. The number of halogens is 1. The molecule has 3 nitrogen and oxygen atoms in total. The van der Waals surface area contributed by atoms with Crippen molar-refractivity contribution in [3.8, 4) is 0 Å². The largest absolute Gasteiger partial charge is 0.368 e. The topological polar surface area (TPSA) is 50.9 Å². The quantitative estimate of drug-likeness (QED) is 0.866. The van der Waals surface area contributed by atoms with Crippen molar-refractivity contribution in [1.29, 1.82) is 0 Å². The van der Waals surface area contributed by atoms with Gasteiger partial charge in [0.2, 0.25) is 0 Å². The Morgan fingerprint density at radius 2 is 2.27 bits per heavy atom. The number of hydrogen-bond donors (Lipinski definition) is 2. The highest BCUT2D eigenvalue weighted by atomic mass is 79.9.